The largest absolute Gasteiger partial charge is 0.506 e. The van der Waals surface area contributed by atoms with Gasteiger partial charge in [-0.2, -0.15) is 0 Å². The number of rotatable bonds is 6. The van der Waals surface area contributed by atoms with Crippen molar-refractivity contribution in [1.29, 1.82) is 0 Å². The van der Waals surface area contributed by atoms with E-state index in [-0.39, 0.29) is 11.7 Å². The monoisotopic (exact) mass is 380 g/mol. The van der Waals surface area contributed by atoms with Gasteiger partial charge in [-0.05, 0) is 54.1 Å². The van der Waals surface area contributed by atoms with Crippen LogP contribution < -0.4 is 0 Å². The van der Waals surface area contributed by atoms with Gasteiger partial charge in [-0.25, -0.2) is 0 Å². The number of carbonyl (C=O) groups excluding carboxylic acids is 1. The van der Waals surface area contributed by atoms with E-state index < -0.39 is 0 Å². The van der Waals surface area contributed by atoms with E-state index in [1.807, 2.05) is 29.2 Å². The van der Waals surface area contributed by atoms with Gasteiger partial charge in [0.1, 0.15) is 5.75 Å². The van der Waals surface area contributed by atoms with E-state index in [2.05, 4.69) is 37.2 Å². The van der Waals surface area contributed by atoms with Gasteiger partial charge >= 0.3 is 0 Å². The van der Waals surface area contributed by atoms with E-state index in [0.717, 1.165) is 11.3 Å². The lowest BCUT2D eigenvalue weighted by molar-refractivity contribution is 0.0724. The van der Waals surface area contributed by atoms with Gasteiger partial charge < -0.3 is 10.0 Å². The zero-order valence-corrected chi connectivity index (χ0v) is 16.7. The molecule has 4 nitrogen and oxygen atoms in total. The molecule has 0 unspecified atom stereocenters. The average Bonchev–Trinajstić information content (AvgIpc) is 3.05. The summed E-state index contributed by atoms with van der Waals surface area (Å²) in [6.07, 6.45) is 1.41. The van der Waals surface area contributed by atoms with E-state index in [9.17, 15) is 9.90 Å². The van der Waals surface area contributed by atoms with Crippen LogP contribution in [0.5, 0.6) is 5.75 Å². The molecular weight excluding hydrogens is 356 g/mol. The van der Waals surface area contributed by atoms with Crippen molar-refractivity contribution in [3.8, 4) is 17.0 Å². The Morgan fingerprint density at radius 1 is 1.22 bits per heavy atom. The molecule has 0 spiro atoms. The normalized spacial score (nSPS) is 11.0. The number of aromatic hydroxyl groups is 1. The summed E-state index contributed by atoms with van der Waals surface area (Å²) in [6.45, 7) is 7.66. The van der Waals surface area contributed by atoms with Crippen LogP contribution in [0.15, 0.2) is 54.0 Å². The van der Waals surface area contributed by atoms with Crippen molar-refractivity contribution in [1.82, 2.24) is 9.88 Å². The number of thiophene rings is 1. The van der Waals surface area contributed by atoms with Crippen LogP contribution in [0, 0.1) is 12.8 Å². The Hall–Kier alpha value is -2.66. The molecule has 1 aromatic carbocycles. The Morgan fingerprint density at radius 2 is 2.04 bits per heavy atom. The van der Waals surface area contributed by atoms with E-state index in [4.69, 9.17) is 0 Å². The summed E-state index contributed by atoms with van der Waals surface area (Å²) in [5.41, 5.74) is 3.46. The lowest BCUT2D eigenvalue weighted by Crippen LogP contribution is -2.33. The Bertz CT molecular complexity index is 916. The first kappa shape index (κ1) is 19.1. The second kappa shape index (κ2) is 8.35. The maximum absolute atomic E-state index is 13.2. The minimum atomic E-state index is 0.0251. The second-order valence-corrected chi connectivity index (χ2v) is 8.09. The molecule has 0 aliphatic rings. The Morgan fingerprint density at radius 3 is 2.67 bits per heavy atom. The number of hydrogen-bond donors (Lipinski definition) is 1. The molecule has 0 fully saturated rings. The predicted octanol–water partition coefficient (Wildman–Crippen LogP) is 5.12. The molecule has 0 atom stereocenters. The van der Waals surface area contributed by atoms with Gasteiger partial charge in [-0.15, -0.1) is 11.3 Å². The maximum atomic E-state index is 13.2. The van der Waals surface area contributed by atoms with Crippen molar-refractivity contribution in [2.24, 2.45) is 5.92 Å². The zero-order chi connectivity index (χ0) is 19.4. The van der Waals surface area contributed by atoms with Gasteiger partial charge in [-0.1, -0.05) is 26.0 Å². The molecule has 27 heavy (non-hydrogen) atoms. The van der Waals surface area contributed by atoms with Crippen LogP contribution in [0.4, 0.5) is 0 Å². The molecule has 3 rings (SSSR count). The standard InChI is InChI=1S/C22H24N2O2S/c1-15(2)13-24(14-21-16(3)9-10-27-21)22(26)18-6-4-5-17(11-18)20-8-7-19(25)12-23-20/h4-12,15,25H,13-14H2,1-3H3. The topological polar surface area (TPSA) is 53.4 Å². The maximum Gasteiger partial charge on any atom is 0.254 e. The summed E-state index contributed by atoms with van der Waals surface area (Å²) in [4.78, 5) is 20.6. The second-order valence-electron chi connectivity index (χ2n) is 7.09. The number of hydrogen-bond acceptors (Lipinski definition) is 4. The quantitative estimate of drug-likeness (QED) is 0.645. The molecule has 3 aromatic rings. The minimum Gasteiger partial charge on any atom is -0.506 e. The van der Waals surface area contributed by atoms with Crippen LogP contribution in [-0.4, -0.2) is 27.4 Å². The summed E-state index contributed by atoms with van der Waals surface area (Å²) in [6, 6.07) is 13.0. The Labute approximate surface area is 164 Å². The first-order valence-corrected chi connectivity index (χ1v) is 9.89. The lowest BCUT2D eigenvalue weighted by atomic mass is 10.1. The number of aromatic nitrogens is 1. The van der Waals surface area contributed by atoms with Crippen molar-refractivity contribution >= 4 is 17.2 Å². The first-order chi connectivity index (χ1) is 12.9. The van der Waals surface area contributed by atoms with Gasteiger partial charge in [0.05, 0.1) is 18.4 Å². The van der Waals surface area contributed by atoms with Crippen molar-refractivity contribution in [3.05, 3.63) is 70.0 Å². The minimum absolute atomic E-state index is 0.0251. The smallest absolute Gasteiger partial charge is 0.254 e. The van der Waals surface area contributed by atoms with Crippen molar-refractivity contribution in [3.63, 3.8) is 0 Å². The third-order valence-corrected chi connectivity index (χ3v) is 5.34. The molecule has 2 aromatic heterocycles. The number of benzene rings is 1. The highest BCUT2D eigenvalue weighted by atomic mass is 32.1. The van der Waals surface area contributed by atoms with Crippen molar-refractivity contribution in [2.75, 3.05) is 6.54 Å². The molecule has 1 amide bonds. The molecule has 0 saturated heterocycles. The fraction of sp³-hybridized carbons (Fsp3) is 0.273. The van der Waals surface area contributed by atoms with Crippen LogP contribution >= 0.6 is 11.3 Å². The van der Waals surface area contributed by atoms with Gasteiger partial charge in [0.15, 0.2) is 0 Å². The fourth-order valence-corrected chi connectivity index (χ4v) is 3.87. The summed E-state index contributed by atoms with van der Waals surface area (Å²) in [5.74, 6) is 0.536. The summed E-state index contributed by atoms with van der Waals surface area (Å²) in [5, 5.41) is 11.5. The van der Waals surface area contributed by atoms with E-state index >= 15 is 0 Å². The molecule has 2 heterocycles. The lowest BCUT2D eigenvalue weighted by Gasteiger charge is -2.25. The summed E-state index contributed by atoms with van der Waals surface area (Å²) < 4.78 is 0. The third kappa shape index (κ3) is 4.74. The first-order valence-electron chi connectivity index (χ1n) is 9.01. The van der Waals surface area contributed by atoms with Crippen LogP contribution in [0.25, 0.3) is 11.3 Å². The van der Waals surface area contributed by atoms with Crippen LogP contribution in [-0.2, 0) is 6.54 Å². The van der Waals surface area contributed by atoms with E-state index in [0.29, 0.717) is 24.6 Å². The van der Waals surface area contributed by atoms with Crippen LogP contribution in [0.2, 0.25) is 0 Å². The Balaban J connectivity index is 1.88. The average molecular weight is 381 g/mol. The Kier molecular flexibility index (Phi) is 5.91. The van der Waals surface area contributed by atoms with Crippen molar-refractivity contribution < 1.29 is 9.90 Å². The molecule has 0 aliphatic heterocycles. The fourth-order valence-electron chi connectivity index (χ4n) is 2.95. The predicted molar refractivity (Wildman–Crippen MR) is 110 cm³/mol. The number of aryl methyl sites for hydroxylation is 1. The van der Waals surface area contributed by atoms with Gasteiger partial charge in [0.2, 0.25) is 0 Å². The highest BCUT2D eigenvalue weighted by molar-refractivity contribution is 7.10. The van der Waals surface area contributed by atoms with E-state index in [1.165, 1.54) is 16.6 Å². The number of amides is 1. The molecule has 0 bridgehead atoms. The SMILES string of the molecule is Cc1ccsc1CN(CC(C)C)C(=O)c1cccc(-c2ccc(O)cn2)c1. The molecular formula is C22H24N2O2S. The summed E-state index contributed by atoms with van der Waals surface area (Å²) in [7, 11) is 0. The van der Waals surface area contributed by atoms with Crippen LogP contribution in [0.3, 0.4) is 0 Å². The molecule has 5 heteroatoms. The number of nitrogens with zero attached hydrogens (tertiary/aromatic N) is 2. The highest BCUT2D eigenvalue weighted by Gasteiger charge is 2.19. The van der Waals surface area contributed by atoms with Crippen LogP contribution in [0.1, 0.15) is 34.6 Å². The highest BCUT2D eigenvalue weighted by Crippen LogP contribution is 2.23. The molecule has 0 aliphatic carbocycles. The number of carbonyl (C=O) groups is 1. The van der Waals surface area contributed by atoms with Crippen molar-refractivity contribution in [2.45, 2.75) is 27.3 Å². The molecule has 1 N–H and O–H groups in total. The molecule has 140 valence electrons. The third-order valence-electron chi connectivity index (χ3n) is 4.33. The van der Waals surface area contributed by atoms with E-state index in [1.54, 1.807) is 23.5 Å². The zero-order valence-electron chi connectivity index (χ0n) is 15.8. The van der Waals surface area contributed by atoms with Gasteiger partial charge in [0, 0.05) is 22.5 Å². The summed E-state index contributed by atoms with van der Waals surface area (Å²) >= 11 is 1.69. The van der Waals surface area contributed by atoms with Gasteiger partial charge in [0.25, 0.3) is 5.91 Å². The molecule has 0 saturated carbocycles. The van der Waals surface area contributed by atoms with Gasteiger partial charge in [-0.3, -0.25) is 9.78 Å². The molecule has 0 radical (unpaired) electrons. The number of pyridine rings is 1.